The number of nitrogens with one attached hydrogen (secondary N) is 1. The number of hydrogen-bond acceptors (Lipinski definition) is 2. The summed E-state index contributed by atoms with van der Waals surface area (Å²) in [5.74, 6) is 0.243. The van der Waals surface area contributed by atoms with Crippen LogP contribution in [-0.4, -0.2) is 19.7 Å². The number of ether oxygens (including phenoxy) is 1. The molecule has 98 valence electrons. The van der Waals surface area contributed by atoms with E-state index in [4.69, 9.17) is 4.74 Å². The first kappa shape index (κ1) is 16.1. The topological polar surface area (TPSA) is 21.3 Å². The lowest BCUT2D eigenvalue weighted by Crippen LogP contribution is -2.20. The molecule has 0 heterocycles. The van der Waals surface area contributed by atoms with Crippen molar-refractivity contribution in [2.45, 2.75) is 13.1 Å². The Kier molecular flexibility index (Phi) is 6.99. The zero-order valence-corrected chi connectivity index (χ0v) is 10.2. The van der Waals surface area contributed by atoms with Gasteiger partial charge >= 0.3 is 6.18 Å². The van der Waals surface area contributed by atoms with Gasteiger partial charge in [-0.1, -0.05) is 13.0 Å². The Bertz CT molecular complexity index is 331. The largest absolute Gasteiger partial charge is 0.492 e. The first-order chi connectivity index (χ1) is 7.54. The van der Waals surface area contributed by atoms with Crippen molar-refractivity contribution in [2.24, 2.45) is 0 Å². The normalized spacial score (nSPS) is 10.8. The van der Waals surface area contributed by atoms with Gasteiger partial charge in [0.1, 0.15) is 12.4 Å². The van der Waals surface area contributed by atoms with Crippen molar-refractivity contribution in [1.29, 1.82) is 0 Å². The molecule has 6 heteroatoms. The Labute approximate surface area is 105 Å². The van der Waals surface area contributed by atoms with Gasteiger partial charge in [-0.25, -0.2) is 0 Å². The summed E-state index contributed by atoms with van der Waals surface area (Å²) in [6.07, 6.45) is -4.32. The number of alkyl halides is 3. The minimum Gasteiger partial charge on any atom is -0.492 e. The second kappa shape index (κ2) is 7.40. The van der Waals surface area contributed by atoms with Crippen molar-refractivity contribution in [1.82, 2.24) is 5.32 Å². The highest BCUT2D eigenvalue weighted by Gasteiger charge is 2.30. The van der Waals surface area contributed by atoms with E-state index in [-0.39, 0.29) is 18.2 Å². The first-order valence-electron chi connectivity index (χ1n) is 5.05. The fraction of sp³-hybridized carbons (Fsp3) is 0.455. The summed E-state index contributed by atoms with van der Waals surface area (Å²) >= 11 is 0. The summed E-state index contributed by atoms with van der Waals surface area (Å²) in [6, 6.07) is 4.88. The minimum atomic E-state index is -4.32. The molecule has 0 atom stereocenters. The van der Waals surface area contributed by atoms with E-state index in [0.717, 1.165) is 18.7 Å². The first-order valence-corrected chi connectivity index (χ1v) is 5.05. The Hall–Kier alpha value is -0.940. The summed E-state index contributed by atoms with van der Waals surface area (Å²) in [4.78, 5) is 0. The van der Waals surface area contributed by atoms with Gasteiger partial charge in [-0.15, -0.1) is 12.4 Å². The monoisotopic (exact) mass is 269 g/mol. The molecule has 0 radical (unpaired) electrons. The summed E-state index contributed by atoms with van der Waals surface area (Å²) in [7, 11) is 0. The summed E-state index contributed by atoms with van der Waals surface area (Å²) in [5, 5.41) is 3.02. The maximum absolute atomic E-state index is 12.3. The van der Waals surface area contributed by atoms with E-state index in [1.807, 2.05) is 6.92 Å². The SMILES string of the molecule is CCNCCOc1cccc(C(F)(F)F)c1.Cl. The third-order valence-electron chi connectivity index (χ3n) is 1.96. The molecule has 0 saturated carbocycles. The van der Waals surface area contributed by atoms with Gasteiger partial charge in [-0.2, -0.15) is 13.2 Å². The Balaban J connectivity index is 0.00000256. The molecule has 0 aliphatic carbocycles. The van der Waals surface area contributed by atoms with E-state index >= 15 is 0 Å². The van der Waals surface area contributed by atoms with Crippen LogP contribution in [0.2, 0.25) is 0 Å². The highest BCUT2D eigenvalue weighted by atomic mass is 35.5. The molecule has 0 fully saturated rings. The predicted octanol–water partition coefficient (Wildman–Crippen LogP) is 3.12. The van der Waals surface area contributed by atoms with Gasteiger partial charge in [0, 0.05) is 6.54 Å². The molecule has 17 heavy (non-hydrogen) atoms. The van der Waals surface area contributed by atoms with E-state index in [9.17, 15) is 13.2 Å². The molecule has 1 N–H and O–H groups in total. The molecule has 0 spiro atoms. The Morgan fingerprint density at radius 3 is 2.59 bits per heavy atom. The van der Waals surface area contributed by atoms with Gasteiger partial charge in [-0.3, -0.25) is 0 Å². The van der Waals surface area contributed by atoms with Crippen molar-refractivity contribution in [3.8, 4) is 5.75 Å². The van der Waals surface area contributed by atoms with Crippen molar-refractivity contribution in [3.63, 3.8) is 0 Å². The van der Waals surface area contributed by atoms with Crippen LogP contribution < -0.4 is 10.1 Å². The Morgan fingerprint density at radius 2 is 2.00 bits per heavy atom. The van der Waals surface area contributed by atoms with Crippen LogP contribution in [0, 0.1) is 0 Å². The van der Waals surface area contributed by atoms with Crippen molar-refractivity contribution in [2.75, 3.05) is 19.7 Å². The van der Waals surface area contributed by atoms with Gasteiger partial charge in [0.25, 0.3) is 0 Å². The van der Waals surface area contributed by atoms with Crippen LogP contribution in [-0.2, 0) is 6.18 Å². The Morgan fingerprint density at radius 1 is 1.29 bits per heavy atom. The molecular weight excluding hydrogens is 255 g/mol. The number of benzene rings is 1. The van der Waals surface area contributed by atoms with Crippen LogP contribution >= 0.6 is 12.4 Å². The number of halogens is 4. The zero-order chi connectivity index (χ0) is 12.0. The van der Waals surface area contributed by atoms with E-state index in [2.05, 4.69) is 5.32 Å². The van der Waals surface area contributed by atoms with E-state index in [1.54, 1.807) is 0 Å². The zero-order valence-electron chi connectivity index (χ0n) is 9.38. The minimum absolute atomic E-state index is 0. The molecule has 0 aliphatic heterocycles. The van der Waals surface area contributed by atoms with Gasteiger partial charge in [0.2, 0.25) is 0 Å². The standard InChI is InChI=1S/C11H14F3NO.ClH/c1-2-15-6-7-16-10-5-3-4-9(8-10)11(12,13)14;/h3-5,8,15H,2,6-7H2,1H3;1H. The lowest BCUT2D eigenvalue weighted by Gasteiger charge is -2.10. The van der Waals surface area contributed by atoms with Crippen molar-refractivity contribution >= 4 is 12.4 Å². The molecule has 1 rings (SSSR count). The van der Waals surface area contributed by atoms with Crippen LogP contribution in [0.1, 0.15) is 12.5 Å². The van der Waals surface area contributed by atoms with Crippen LogP contribution in [0.4, 0.5) is 13.2 Å². The van der Waals surface area contributed by atoms with Gasteiger partial charge < -0.3 is 10.1 Å². The fourth-order valence-corrected chi connectivity index (χ4v) is 1.18. The fourth-order valence-electron chi connectivity index (χ4n) is 1.18. The molecule has 1 aromatic rings. The second-order valence-corrected chi connectivity index (χ2v) is 3.23. The quantitative estimate of drug-likeness (QED) is 0.830. The smallest absolute Gasteiger partial charge is 0.416 e. The molecule has 0 aliphatic rings. The molecule has 0 aromatic heterocycles. The number of hydrogen-bond donors (Lipinski definition) is 1. The second-order valence-electron chi connectivity index (χ2n) is 3.23. The van der Waals surface area contributed by atoms with Crippen LogP contribution in [0.5, 0.6) is 5.75 Å². The number of likely N-dealkylation sites (N-methyl/N-ethyl adjacent to an activating group) is 1. The van der Waals surface area contributed by atoms with Crippen molar-refractivity contribution < 1.29 is 17.9 Å². The lowest BCUT2D eigenvalue weighted by molar-refractivity contribution is -0.137. The third-order valence-corrected chi connectivity index (χ3v) is 1.96. The summed E-state index contributed by atoms with van der Waals surface area (Å²) < 4.78 is 42.2. The molecule has 2 nitrogen and oxygen atoms in total. The van der Waals surface area contributed by atoms with Crippen LogP contribution in [0.3, 0.4) is 0 Å². The summed E-state index contributed by atoms with van der Waals surface area (Å²) in [5.41, 5.74) is -0.687. The lowest BCUT2D eigenvalue weighted by atomic mass is 10.2. The summed E-state index contributed by atoms with van der Waals surface area (Å²) in [6.45, 7) is 3.73. The molecule has 0 unspecified atom stereocenters. The molecule has 1 aromatic carbocycles. The number of rotatable bonds is 5. The molecule has 0 saturated heterocycles. The predicted molar refractivity (Wildman–Crippen MR) is 62.7 cm³/mol. The van der Waals surface area contributed by atoms with Crippen molar-refractivity contribution in [3.05, 3.63) is 29.8 Å². The van der Waals surface area contributed by atoms with E-state index in [0.29, 0.717) is 13.2 Å². The maximum Gasteiger partial charge on any atom is 0.416 e. The van der Waals surface area contributed by atoms with Gasteiger partial charge in [-0.05, 0) is 24.7 Å². The average Bonchev–Trinajstić information content (AvgIpc) is 2.24. The van der Waals surface area contributed by atoms with Gasteiger partial charge in [0.15, 0.2) is 0 Å². The molecule has 0 amide bonds. The highest BCUT2D eigenvalue weighted by molar-refractivity contribution is 5.85. The van der Waals surface area contributed by atoms with E-state index < -0.39 is 11.7 Å². The van der Waals surface area contributed by atoms with Gasteiger partial charge in [0.05, 0.1) is 5.56 Å². The average molecular weight is 270 g/mol. The van der Waals surface area contributed by atoms with E-state index in [1.165, 1.54) is 12.1 Å². The molecular formula is C11H15ClF3NO. The van der Waals surface area contributed by atoms with Crippen LogP contribution in [0.15, 0.2) is 24.3 Å². The molecule has 0 bridgehead atoms. The maximum atomic E-state index is 12.3. The van der Waals surface area contributed by atoms with Crippen LogP contribution in [0.25, 0.3) is 0 Å². The highest BCUT2D eigenvalue weighted by Crippen LogP contribution is 2.31. The third kappa shape index (κ3) is 5.79.